The maximum absolute atomic E-state index is 13.1. The van der Waals surface area contributed by atoms with Gasteiger partial charge in [0.05, 0.1) is 17.7 Å². The molecule has 5 rings (SSSR count). The van der Waals surface area contributed by atoms with Gasteiger partial charge >= 0.3 is 0 Å². The molecule has 0 spiro atoms. The highest BCUT2D eigenvalue weighted by Crippen LogP contribution is 2.24. The summed E-state index contributed by atoms with van der Waals surface area (Å²) < 4.78 is 1.60. The first-order chi connectivity index (χ1) is 14.8. The van der Waals surface area contributed by atoms with Gasteiger partial charge in [-0.25, -0.2) is 14.6 Å². The fraction of sp³-hybridized carbons (Fsp3) is 0.217. The molecular formula is C23H22N6O. The summed E-state index contributed by atoms with van der Waals surface area (Å²) in [5.41, 5.74) is 1.79. The van der Waals surface area contributed by atoms with Gasteiger partial charge in [-0.15, -0.1) is 0 Å². The van der Waals surface area contributed by atoms with Gasteiger partial charge in [-0.1, -0.05) is 48.5 Å². The summed E-state index contributed by atoms with van der Waals surface area (Å²) >= 11 is 0. The highest BCUT2D eigenvalue weighted by atomic mass is 16.1. The van der Waals surface area contributed by atoms with Crippen LogP contribution in [0, 0.1) is 0 Å². The lowest BCUT2D eigenvalue weighted by molar-refractivity contribution is 0.191. The van der Waals surface area contributed by atoms with Crippen LogP contribution in [0.4, 0.5) is 5.95 Å². The van der Waals surface area contributed by atoms with Gasteiger partial charge < -0.3 is 4.90 Å². The quantitative estimate of drug-likeness (QED) is 0.527. The van der Waals surface area contributed by atoms with Crippen molar-refractivity contribution >= 4 is 16.7 Å². The van der Waals surface area contributed by atoms with E-state index in [1.807, 2.05) is 60.7 Å². The Morgan fingerprint density at radius 2 is 1.43 bits per heavy atom. The van der Waals surface area contributed by atoms with Gasteiger partial charge in [-0.05, 0) is 12.1 Å². The second-order valence-electron chi connectivity index (χ2n) is 7.36. The van der Waals surface area contributed by atoms with Crippen molar-refractivity contribution in [2.24, 2.45) is 0 Å². The summed E-state index contributed by atoms with van der Waals surface area (Å²) in [5.74, 6) is 0.754. The van der Waals surface area contributed by atoms with E-state index in [0.29, 0.717) is 12.1 Å². The van der Waals surface area contributed by atoms with Gasteiger partial charge in [0, 0.05) is 49.5 Å². The predicted molar refractivity (Wildman–Crippen MR) is 117 cm³/mol. The molecule has 2 aromatic heterocycles. The molecule has 1 aliphatic heterocycles. The van der Waals surface area contributed by atoms with Crippen LogP contribution in [0.5, 0.6) is 0 Å². The summed E-state index contributed by atoms with van der Waals surface area (Å²) in [5, 5.41) is 6.35. The second kappa shape index (κ2) is 8.04. The maximum atomic E-state index is 13.1. The molecule has 4 aromatic rings. The summed E-state index contributed by atoms with van der Waals surface area (Å²) in [6, 6.07) is 19.6. The zero-order chi connectivity index (χ0) is 20.3. The molecule has 1 fully saturated rings. The Balaban J connectivity index is 1.43. The Bertz CT molecular complexity index is 1200. The van der Waals surface area contributed by atoms with E-state index in [0.717, 1.165) is 48.8 Å². The van der Waals surface area contributed by atoms with Crippen LogP contribution in [-0.4, -0.2) is 50.8 Å². The first-order valence-electron chi connectivity index (χ1n) is 10.1. The molecule has 7 heteroatoms. The molecule has 30 heavy (non-hydrogen) atoms. The van der Waals surface area contributed by atoms with Crippen LogP contribution in [0.15, 0.2) is 77.9 Å². The number of hydrogen-bond donors (Lipinski definition) is 0. The maximum Gasteiger partial charge on any atom is 0.275 e. The van der Waals surface area contributed by atoms with E-state index in [2.05, 4.69) is 19.8 Å². The molecule has 0 bridgehead atoms. The zero-order valence-corrected chi connectivity index (χ0v) is 16.6. The molecular weight excluding hydrogens is 376 g/mol. The minimum atomic E-state index is -0.0564. The zero-order valence-electron chi connectivity index (χ0n) is 16.6. The van der Waals surface area contributed by atoms with E-state index in [4.69, 9.17) is 5.10 Å². The summed E-state index contributed by atoms with van der Waals surface area (Å²) in [7, 11) is 0. The molecule has 3 heterocycles. The SMILES string of the molecule is O=c1c2ccccc2c(-c2ccccc2)nn1CN1CCN(c2ncccn2)CC1. The van der Waals surface area contributed by atoms with Crippen molar-refractivity contribution in [2.45, 2.75) is 6.67 Å². The number of hydrogen-bond acceptors (Lipinski definition) is 6. The van der Waals surface area contributed by atoms with Crippen LogP contribution in [-0.2, 0) is 6.67 Å². The predicted octanol–water partition coefficient (Wildman–Crippen LogP) is 2.63. The van der Waals surface area contributed by atoms with E-state index >= 15 is 0 Å². The van der Waals surface area contributed by atoms with Crippen molar-refractivity contribution in [3.05, 3.63) is 83.4 Å². The molecule has 0 radical (unpaired) electrons. The van der Waals surface area contributed by atoms with E-state index < -0.39 is 0 Å². The normalized spacial score (nSPS) is 14.9. The van der Waals surface area contributed by atoms with E-state index in [1.54, 1.807) is 17.1 Å². The Kier molecular flexibility index (Phi) is 4.94. The molecule has 1 aliphatic rings. The van der Waals surface area contributed by atoms with E-state index in [9.17, 15) is 4.79 Å². The second-order valence-corrected chi connectivity index (χ2v) is 7.36. The van der Waals surface area contributed by atoms with Crippen molar-refractivity contribution in [3.8, 4) is 11.3 Å². The fourth-order valence-electron chi connectivity index (χ4n) is 3.87. The number of piperazine rings is 1. The van der Waals surface area contributed by atoms with E-state index in [-0.39, 0.29) is 5.56 Å². The molecule has 0 amide bonds. The van der Waals surface area contributed by atoms with Crippen molar-refractivity contribution < 1.29 is 0 Å². The first kappa shape index (κ1) is 18.4. The lowest BCUT2D eigenvalue weighted by atomic mass is 10.1. The minimum Gasteiger partial charge on any atom is -0.338 e. The average Bonchev–Trinajstić information content (AvgIpc) is 2.82. The molecule has 0 N–H and O–H groups in total. The average molecular weight is 398 g/mol. The summed E-state index contributed by atoms with van der Waals surface area (Å²) in [4.78, 5) is 26.2. The van der Waals surface area contributed by atoms with Crippen LogP contribution in [0.2, 0.25) is 0 Å². The largest absolute Gasteiger partial charge is 0.338 e. The third-order valence-electron chi connectivity index (χ3n) is 5.46. The Labute approximate surface area is 174 Å². The van der Waals surface area contributed by atoms with Crippen molar-refractivity contribution in [2.75, 3.05) is 31.1 Å². The Hall–Kier alpha value is -3.58. The lowest BCUT2D eigenvalue weighted by Gasteiger charge is -2.34. The van der Waals surface area contributed by atoms with Crippen molar-refractivity contribution in [1.29, 1.82) is 0 Å². The number of fused-ring (bicyclic) bond motifs is 1. The minimum absolute atomic E-state index is 0.0564. The van der Waals surface area contributed by atoms with Gasteiger partial charge in [-0.2, -0.15) is 5.10 Å². The van der Waals surface area contributed by atoms with Crippen molar-refractivity contribution in [1.82, 2.24) is 24.6 Å². The third-order valence-corrected chi connectivity index (χ3v) is 5.46. The van der Waals surface area contributed by atoms with Gasteiger partial charge in [-0.3, -0.25) is 9.69 Å². The highest BCUT2D eigenvalue weighted by Gasteiger charge is 2.20. The standard InChI is InChI=1S/C23H22N6O/c30-22-20-10-5-4-9-19(20)21(18-7-2-1-3-8-18)26-29(22)17-27-13-15-28(16-14-27)23-24-11-6-12-25-23/h1-12H,13-17H2. The number of aromatic nitrogens is 4. The van der Waals surface area contributed by atoms with Crippen LogP contribution < -0.4 is 10.5 Å². The van der Waals surface area contributed by atoms with Gasteiger partial charge in [0.2, 0.25) is 5.95 Å². The molecule has 0 unspecified atom stereocenters. The van der Waals surface area contributed by atoms with Gasteiger partial charge in [0.15, 0.2) is 0 Å². The number of nitrogens with zero attached hydrogens (tertiary/aromatic N) is 6. The molecule has 0 atom stereocenters. The molecule has 0 aliphatic carbocycles. The fourth-order valence-corrected chi connectivity index (χ4v) is 3.87. The molecule has 0 saturated carbocycles. The topological polar surface area (TPSA) is 67.2 Å². The monoisotopic (exact) mass is 398 g/mol. The smallest absolute Gasteiger partial charge is 0.275 e. The molecule has 150 valence electrons. The number of rotatable bonds is 4. The number of anilines is 1. The van der Waals surface area contributed by atoms with E-state index in [1.165, 1.54) is 0 Å². The Morgan fingerprint density at radius 1 is 0.767 bits per heavy atom. The molecule has 7 nitrogen and oxygen atoms in total. The lowest BCUT2D eigenvalue weighted by Crippen LogP contribution is -2.48. The van der Waals surface area contributed by atoms with Gasteiger partial charge in [0.25, 0.3) is 5.56 Å². The van der Waals surface area contributed by atoms with Crippen LogP contribution in [0.3, 0.4) is 0 Å². The Morgan fingerprint density at radius 3 is 2.17 bits per heavy atom. The first-order valence-corrected chi connectivity index (χ1v) is 10.1. The van der Waals surface area contributed by atoms with Crippen LogP contribution in [0.1, 0.15) is 0 Å². The molecule has 1 saturated heterocycles. The number of benzene rings is 2. The van der Waals surface area contributed by atoms with Crippen molar-refractivity contribution in [3.63, 3.8) is 0 Å². The van der Waals surface area contributed by atoms with Crippen LogP contribution >= 0.6 is 0 Å². The van der Waals surface area contributed by atoms with Crippen LogP contribution in [0.25, 0.3) is 22.0 Å². The molecule has 2 aromatic carbocycles. The highest BCUT2D eigenvalue weighted by molar-refractivity contribution is 5.93. The summed E-state index contributed by atoms with van der Waals surface area (Å²) in [6.45, 7) is 3.74. The summed E-state index contributed by atoms with van der Waals surface area (Å²) in [6.07, 6.45) is 3.52. The third kappa shape index (κ3) is 3.55. The van der Waals surface area contributed by atoms with Gasteiger partial charge in [0.1, 0.15) is 0 Å².